The van der Waals surface area contributed by atoms with Crippen LogP contribution in [-0.4, -0.2) is 33.7 Å². The highest BCUT2D eigenvalue weighted by Gasteiger charge is 2.51. The van der Waals surface area contributed by atoms with Crippen molar-refractivity contribution in [2.45, 2.75) is 65.0 Å². The van der Waals surface area contributed by atoms with Crippen molar-refractivity contribution in [3.8, 4) is 0 Å². The van der Waals surface area contributed by atoms with E-state index in [0.717, 1.165) is 42.1 Å². The highest BCUT2D eigenvalue weighted by Crippen LogP contribution is 2.29. The summed E-state index contributed by atoms with van der Waals surface area (Å²) in [5, 5.41) is 2.66. The molecule has 0 bridgehead atoms. The van der Waals surface area contributed by atoms with Crippen molar-refractivity contribution in [3.63, 3.8) is 0 Å². The Morgan fingerprint density at radius 1 is 1.26 bits per heavy atom. The molecule has 1 aliphatic heterocycles. The summed E-state index contributed by atoms with van der Waals surface area (Å²) in [6, 6.07) is 4.57. The molecule has 7 nitrogen and oxygen atoms in total. The van der Waals surface area contributed by atoms with E-state index in [1.807, 2.05) is 19.9 Å². The fraction of sp³-hybridized carbons (Fsp3) is 0.458. The van der Waals surface area contributed by atoms with Gasteiger partial charge >= 0.3 is 6.03 Å². The first-order valence-electron chi connectivity index (χ1n) is 10.9. The van der Waals surface area contributed by atoms with Crippen molar-refractivity contribution < 1.29 is 18.8 Å². The summed E-state index contributed by atoms with van der Waals surface area (Å²) in [7, 11) is 0. The number of nitrogens with zero attached hydrogens (tertiary/aromatic N) is 2. The number of ketones is 1. The minimum absolute atomic E-state index is 0.247. The first kappa shape index (κ1) is 21.2. The van der Waals surface area contributed by atoms with E-state index in [-0.39, 0.29) is 12.3 Å². The Bertz CT molecular complexity index is 1050. The zero-order valence-electron chi connectivity index (χ0n) is 18.4. The number of furan rings is 1. The second kappa shape index (κ2) is 8.21. The van der Waals surface area contributed by atoms with Crippen LogP contribution >= 0.6 is 0 Å². The average molecular weight is 424 g/mol. The number of hydrogen-bond acceptors (Lipinski definition) is 4. The van der Waals surface area contributed by atoms with Crippen LogP contribution in [0.25, 0.3) is 0 Å². The molecule has 3 amide bonds. The highest BCUT2D eigenvalue weighted by atomic mass is 16.3. The van der Waals surface area contributed by atoms with E-state index >= 15 is 0 Å². The molecule has 7 heteroatoms. The van der Waals surface area contributed by atoms with Gasteiger partial charge in [-0.1, -0.05) is 11.6 Å². The molecule has 0 spiro atoms. The van der Waals surface area contributed by atoms with Gasteiger partial charge in [0.1, 0.15) is 5.76 Å². The number of Topliss-reactive ketones (excluding diaryl/α,β-unsaturated/α-hetero) is 1. The second-order valence-corrected chi connectivity index (χ2v) is 8.64. The predicted octanol–water partition coefficient (Wildman–Crippen LogP) is 4.24. The Kier molecular flexibility index (Phi) is 5.60. The summed E-state index contributed by atoms with van der Waals surface area (Å²) in [5.74, 6) is -0.390. The number of hydrogen-bond donors (Lipinski definition) is 1. The van der Waals surface area contributed by atoms with Gasteiger partial charge in [-0.25, -0.2) is 4.79 Å². The molecular formula is C24H29N3O4. The summed E-state index contributed by atoms with van der Waals surface area (Å²) in [5.41, 5.74) is 2.63. The molecule has 0 unspecified atom stereocenters. The largest absolute Gasteiger partial charge is 0.466 e. The number of aryl methyl sites for hydroxylation is 1. The zero-order chi connectivity index (χ0) is 22.2. The van der Waals surface area contributed by atoms with Crippen LogP contribution in [-0.2, 0) is 16.9 Å². The van der Waals surface area contributed by atoms with Gasteiger partial charge in [0.2, 0.25) is 0 Å². The number of amides is 3. The van der Waals surface area contributed by atoms with Gasteiger partial charge in [-0.3, -0.25) is 14.5 Å². The first-order chi connectivity index (χ1) is 14.8. The lowest BCUT2D eigenvalue weighted by Crippen LogP contribution is -2.41. The van der Waals surface area contributed by atoms with Gasteiger partial charge < -0.3 is 14.3 Å². The van der Waals surface area contributed by atoms with Crippen LogP contribution in [0.3, 0.4) is 0 Å². The molecule has 1 fully saturated rings. The lowest BCUT2D eigenvalue weighted by Gasteiger charge is -2.18. The van der Waals surface area contributed by atoms with E-state index in [1.54, 1.807) is 19.1 Å². The van der Waals surface area contributed by atoms with Crippen LogP contribution in [0.15, 0.2) is 40.5 Å². The van der Waals surface area contributed by atoms with Gasteiger partial charge in [0.15, 0.2) is 11.3 Å². The Balaban J connectivity index is 1.48. The lowest BCUT2D eigenvalue weighted by atomic mass is 9.97. The summed E-state index contributed by atoms with van der Waals surface area (Å²) >= 11 is 0. The Hall–Kier alpha value is -3.09. The quantitative estimate of drug-likeness (QED) is 0.410. The van der Waals surface area contributed by atoms with Crippen LogP contribution in [0, 0.1) is 13.8 Å². The molecule has 3 heterocycles. The maximum absolute atomic E-state index is 13.1. The Labute approximate surface area is 182 Å². The van der Waals surface area contributed by atoms with E-state index in [4.69, 9.17) is 4.42 Å². The molecule has 2 aromatic heterocycles. The van der Waals surface area contributed by atoms with Gasteiger partial charge in [0.05, 0.1) is 12.8 Å². The number of carbonyl (C=O) groups is 3. The third-order valence-electron chi connectivity index (χ3n) is 6.51. The molecule has 1 N–H and O–H groups in total. The van der Waals surface area contributed by atoms with Crippen molar-refractivity contribution in [2.24, 2.45) is 0 Å². The minimum atomic E-state index is -1.30. The fourth-order valence-electron chi connectivity index (χ4n) is 4.61. The van der Waals surface area contributed by atoms with Crippen molar-refractivity contribution in [1.29, 1.82) is 0 Å². The molecular weight excluding hydrogens is 394 g/mol. The smallest absolute Gasteiger partial charge is 0.325 e. The molecule has 2 aliphatic rings. The molecule has 1 aliphatic carbocycles. The number of allylic oxidation sites excluding steroid dienone is 2. The number of rotatable bonds is 7. The average Bonchev–Trinajstić information content (AvgIpc) is 3.44. The monoisotopic (exact) mass is 423 g/mol. The van der Waals surface area contributed by atoms with Gasteiger partial charge in [-0.2, -0.15) is 0 Å². The van der Waals surface area contributed by atoms with E-state index < -0.39 is 17.5 Å². The summed E-state index contributed by atoms with van der Waals surface area (Å²) in [4.78, 5) is 39.5. The third-order valence-corrected chi connectivity index (χ3v) is 6.51. The summed E-state index contributed by atoms with van der Waals surface area (Å²) in [6.45, 7) is 6.03. The third kappa shape index (κ3) is 3.84. The van der Waals surface area contributed by atoms with Gasteiger partial charge in [0, 0.05) is 23.5 Å². The van der Waals surface area contributed by atoms with Gasteiger partial charge in [-0.15, -0.1) is 0 Å². The Morgan fingerprint density at radius 2 is 2.06 bits per heavy atom. The normalized spacial score (nSPS) is 21.4. The number of urea groups is 1. The van der Waals surface area contributed by atoms with Gasteiger partial charge in [-0.05, 0) is 71.1 Å². The maximum atomic E-state index is 13.1. The van der Waals surface area contributed by atoms with Crippen molar-refractivity contribution in [3.05, 3.63) is 58.8 Å². The summed E-state index contributed by atoms with van der Waals surface area (Å²) < 4.78 is 7.49. The lowest BCUT2D eigenvalue weighted by molar-refractivity contribution is -0.131. The summed E-state index contributed by atoms with van der Waals surface area (Å²) in [6.07, 6.45) is 9.62. The van der Waals surface area contributed by atoms with E-state index in [2.05, 4.69) is 16.0 Å². The van der Waals surface area contributed by atoms with Gasteiger partial charge in [0.25, 0.3) is 5.91 Å². The maximum Gasteiger partial charge on any atom is 0.325 e. The van der Waals surface area contributed by atoms with Crippen molar-refractivity contribution in [1.82, 2.24) is 14.8 Å². The van der Waals surface area contributed by atoms with E-state index in [9.17, 15) is 14.4 Å². The number of imide groups is 1. The molecule has 164 valence electrons. The molecule has 31 heavy (non-hydrogen) atoms. The molecule has 1 saturated heterocycles. The molecule has 0 aromatic carbocycles. The Morgan fingerprint density at radius 3 is 2.74 bits per heavy atom. The van der Waals surface area contributed by atoms with Crippen LogP contribution in [0.5, 0.6) is 0 Å². The van der Waals surface area contributed by atoms with Crippen LogP contribution in [0.2, 0.25) is 0 Å². The second-order valence-electron chi connectivity index (χ2n) is 8.64. The van der Waals surface area contributed by atoms with Crippen LogP contribution < -0.4 is 5.32 Å². The van der Waals surface area contributed by atoms with E-state index in [1.165, 1.54) is 24.7 Å². The van der Waals surface area contributed by atoms with E-state index in [0.29, 0.717) is 11.3 Å². The molecule has 2 aromatic rings. The number of aromatic nitrogens is 1. The molecule has 0 saturated carbocycles. The molecule has 4 rings (SSSR count). The molecule has 0 radical (unpaired) electrons. The van der Waals surface area contributed by atoms with Crippen LogP contribution in [0.4, 0.5) is 4.79 Å². The number of carbonyl (C=O) groups excluding carboxylic acids is 3. The zero-order valence-corrected chi connectivity index (χ0v) is 18.4. The number of nitrogens with one attached hydrogen (secondary N) is 1. The van der Waals surface area contributed by atoms with Crippen LogP contribution in [0.1, 0.15) is 66.5 Å². The first-order valence-corrected chi connectivity index (χ1v) is 10.9. The predicted molar refractivity (Wildman–Crippen MR) is 116 cm³/mol. The SMILES string of the molecule is Cc1cc(C(=O)CN2C(=O)N[C@@](C)(c3ccco3)C2=O)c(C)n1CCC1=CCCCC1. The van der Waals surface area contributed by atoms with Crippen molar-refractivity contribution in [2.75, 3.05) is 6.54 Å². The fourth-order valence-corrected chi connectivity index (χ4v) is 4.61. The standard InChI is InChI=1S/C24H29N3O4/c1-16-14-19(17(2)26(16)12-11-18-8-5-4-6-9-18)20(28)15-27-22(29)24(3,25-23(27)30)21-10-7-13-31-21/h7-8,10,13-14H,4-6,9,11-12,15H2,1-3H3,(H,25,30)/t24-/m0/s1. The highest BCUT2D eigenvalue weighted by molar-refractivity contribution is 6.11. The minimum Gasteiger partial charge on any atom is -0.466 e. The van der Waals surface area contributed by atoms with Crippen molar-refractivity contribution >= 4 is 17.7 Å². The topological polar surface area (TPSA) is 84.6 Å². The molecule has 1 atom stereocenters.